The molecule has 1 heterocycles. The van der Waals surface area contributed by atoms with Gasteiger partial charge in [-0.15, -0.1) is 0 Å². The average Bonchev–Trinajstić information content (AvgIpc) is 3.23. The second-order valence-electron chi connectivity index (χ2n) is 10.7. The highest BCUT2D eigenvalue weighted by molar-refractivity contribution is 5.95. The third-order valence-corrected chi connectivity index (χ3v) is 8.85. The molecule has 4 aliphatic carbocycles. The van der Waals surface area contributed by atoms with Crippen LogP contribution in [-0.2, 0) is 4.79 Å². The van der Waals surface area contributed by atoms with Gasteiger partial charge in [0.15, 0.2) is 23.3 Å². The standard InChI is InChI=1S/C25H30FNO5/c1-12-10-24-13(2)8-16-18(23(16,3)4)15(20(24)30)9-14(11-28)19(29)25(24,31)21(12)32-22-17(26)6-5-7-27-22/h5-7,9-10,13,15-16,18-19,21,28-29,31H,8,11H2,1-4H3/t13-,15+,16-,18+,19-,21+,24+,25+/m1/s1. The number of hydrogen-bond acceptors (Lipinski definition) is 6. The van der Waals surface area contributed by atoms with E-state index in [4.69, 9.17) is 4.74 Å². The SMILES string of the molecule is CC1=C[C@]23C(=O)[C@@H](C=C(CO)[C@@H](O)[C@]2(O)[C@H]1Oc1ncccc1F)[C@H]1[C@@H](C[C@H]3C)C1(C)C. The van der Waals surface area contributed by atoms with Crippen molar-refractivity contribution in [3.05, 3.63) is 47.4 Å². The van der Waals surface area contributed by atoms with Crippen molar-refractivity contribution >= 4 is 5.78 Å². The molecule has 0 radical (unpaired) electrons. The van der Waals surface area contributed by atoms with Crippen molar-refractivity contribution in [2.45, 2.75) is 51.9 Å². The van der Waals surface area contributed by atoms with Crippen molar-refractivity contribution in [2.24, 2.45) is 34.5 Å². The highest BCUT2D eigenvalue weighted by Crippen LogP contribution is 2.71. The van der Waals surface area contributed by atoms with Gasteiger partial charge in [-0.25, -0.2) is 9.37 Å². The molecular weight excluding hydrogens is 413 g/mol. The number of fused-ring (bicyclic) bond motifs is 3. The highest BCUT2D eigenvalue weighted by Gasteiger charge is 2.76. The molecule has 0 aliphatic heterocycles. The van der Waals surface area contributed by atoms with Gasteiger partial charge < -0.3 is 20.1 Å². The van der Waals surface area contributed by atoms with Gasteiger partial charge in [0.25, 0.3) is 5.88 Å². The topological polar surface area (TPSA) is 99.9 Å². The number of aromatic nitrogens is 1. The molecule has 3 N–H and O–H groups in total. The summed E-state index contributed by atoms with van der Waals surface area (Å²) in [7, 11) is 0. The van der Waals surface area contributed by atoms with Crippen LogP contribution in [0, 0.1) is 40.3 Å². The number of aliphatic hydroxyl groups excluding tert-OH is 2. The summed E-state index contributed by atoms with van der Waals surface area (Å²) in [5.74, 6) is -1.63. The first kappa shape index (κ1) is 21.7. The van der Waals surface area contributed by atoms with Crippen LogP contribution >= 0.6 is 0 Å². The van der Waals surface area contributed by atoms with Crippen LogP contribution in [0.4, 0.5) is 4.39 Å². The summed E-state index contributed by atoms with van der Waals surface area (Å²) >= 11 is 0. The lowest BCUT2D eigenvalue weighted by Gasteiger charge is -2.48. The first-order valence-electron chi connectivity index (χ1n) is 11.2. The number of halogens is 1. The quantitative estimate of drug-likeness (QED) is 0.621. The van der Waals surface area contributed by atoms with Crippen molar-refractivity contribution in [3.63, 3.8) is 0 Å². The van der Waals surface area contributed by atoms with Crippen molar-refractivity contribution in [1.29, 1.82) is 0 Å². The van der Waals surface area contributed by atoms with Gasteiger partial charge in [-0.3, -0.25) is 4.79 Å². The Kier molecular flexibility index (Phi) is 4.56. The fourth-order valence-electron chi connectivity index (χ4n) is 7.16. The maximum atomic E-state index is 14.4. The lowest BCUT2D eigenvalue weighted by Crippen LogP contribution is -2.66. The van der Waals surface area contributed by atoms with Crippen LogP contribution in [0.1, 0.15) is 34.1 Å². The molecule has 7 heteroatoms. The zero-order chi connectivity index (χ0) is 23.2. The summed E-state index contributed by atoms with van der Waals surface area (Å²) in [5.41, 5.74) is -2.84. The Morgan fingerprint density at radius 3 is 2.72 bits per heavy atom. The molecule has 1 aromatic rings. The zero-order valence-electron chi connectivity index (χ0n) is 18.7. The lowest BCUT2D eigenvalue weighted by atomic mass is 9.59. The fraction of sp³-hybridized carbons (Fsp3) is 0.600. The summed E-state index contributed by atoms with van der Waals surface area (Å²) in [5, 5.41) is 33.8. The van der Waals surface area contributed by atoms with E-state index >= 15 is 0 Å². The van der Waals surface area contributed by atoms with Gasteiger partial charge in [0.05, 0.1) is 12.0 Å². The molecule has 0 aromatic carbocycles. The lowest BCUT2D eigenvalue weighted by molar-refractivity contribution is -0.186. The third kappa shape index (κ3) is 2.45. The van der Waals surface area contributed by atoms with Gasteiger partial charge in [0.1, 0.15) is 6.10 Å². The normalized spacial score (nSPS) is 43.9. The Balaban J connectivity index is 1.70. The van der Waals surface area contributed by atoms with E-state index in [2.05, 4.69) is 18.8 Å². The van der Waals surface area contributed by atoms with Gasteiger partial charge in [0.2, 0.25) is 0 Å². The Hall–Kier alpha value is -2.09. The number of ether oxygens (including phenoxy) is 1. The summed E-state index contributed by atoms with van der Waals surface area (Å²) in [6, 6.07) is 2.63. The van der Waals surface area contributed by atoms with E-state index in [0.717, 1.165) is 0 Å². The molecule has 2 bridgehead atoms. The molecular formula is C25H30FNO5. The van der Waals surface area contributed by atoms with Crippen LogP contribution in [0.5, 0.6) is 5.88 Å². The number of rotatable bonds is 3. The Morgan fingerprint density at radius 2 is 2.06 bits per heavy atom. The monoisotopic (exact) mass is 443 g/mol. The van der Waals surface area contributed by atoms with E-state index in [-0.39, 0.29) is 34.5 Å². The number of Topliss-reactive ketones (excluding diaryl/α,β-unsaturated/α-hetero) is 1. The van der Waals surface area contributed by atoms with Crippen LogP contribution in [0.15, 0.2) is 41.6 Å². The maximum absolute atomic E-state index is 14.4. The number of carbonyl (C=O) groups is 1. The largest absolute Gasteiger partial charge is 0.464 e. The smallest absolute Gasteiger partial charge is 0.251 e. The number of allylic oxidation sites excluding steroid dienone is 1. The zero-order valence-corrected chi connectivity index (χ0v) is 18.7. The molecule has 2 fully saturated rings. The number of pyridine rings is 1. The van der Waals surface area contributed by atoms with Crippen LogP contribution in [0.25, 0.3) is 0 Å². The molecule has 32 heavy (non-hydrogen) atoms. The number of aliphatic hydroxyl groups is 3. The minimum Gasteiger partial charge on any atom is -0.464 e. The minimum absolute atomic E-state index is 0.0367. The Morgan fingerprint density at radius 1 is 1.34 bits per heavy atom. The maximum Gasteiger partial charge on any atom is 0.251 e. The van der Waals surface area contributed by atoms with Crippen molar-refractivity contribution in [3.8, 4) is 5.88 Å². The molecule has 0 unspecified atom stereocenters. The minimum atomic E-state index is -2.11. The van der Waals surface area contributed by atoms with E-state index in [1.54, 1.807) is 19.1 Å². The van der Waals surface area contributed by atoms with Crippen molar-refractivity contribution < 1.29 is 29.2 Å². The molecule has 172 valence electrons. The number of hydrogen-bond donors (Lipinski definition) is 3. The molecule has 0 saturated heterocycles. The molecule has 6 nitrogen and oxygen atoms in total. The predicted molar refractivity (Wildman–Crippen MR) is 114 cm³/mol. The van der Waals surface area contributed by atoms with E-state index in [1.165, 1.54) is 18.3 Å². The van der Waals surface area contributed by atoms with Crippen LogP contribution in [-0.4, -0.2) is 50.5 Å². The van der Waals surface area contributed by atoms with Gasteiger partial charge in [-0.2, -0.15) is 0 Å². The van der Waals surface area contributed by atoms with Gasteiger partial charge >= 0.3 is 0 Å². The summed E-state index contributed by atoms with van der Waals surface area (Å²) in [4.78, 5) is 18.2. The second-order valence-corrected chi connectivity index (χ2v) is 10.7. The van der Waals surface area contributed by atoms with Gasteiger partial charge in [-0.05, 0) is 59.8 Å². The number of nitrogens with zero attached hydrogens (tertiary/aromatic N) is 1. The summed E-state index contributed by atoms with van der Waals surface area (Å²) in [6.45, 7) is 7.43. The molecule has 4 aliphatic rings. The van der Waals surface area contributed by atoms with Crippen molar-refractivity contribution in [2.75, 3.05) is 6.61 Å². The predicted octanol–water partition coefficient (Wildman–Crippen LogP) is 2.44. The first-order chi connectivity index (χ1) is 15.0. The van der Waals surface area contributed by atoms with E-state index < -0.39 is 41.6 Å². The summed E-state index contributed by atoms with van der Waals surface area (Å²) in [6.07, 6.45) is 2.72. The molecule has 2 saturated carbocycles. The van der Waals surface area contributed by atoms with Crippen LogP contribution in [0.3, 0.4) is 0 Å². The van der Waals surface area contributed by atoms with E-state index in [1.807, 2.05) is 6.92 Å². The first-order valence-corrected chi connectivity index (χ1v) is 11.2. The number of ketones is 1. The highest BCUT2D eigenvalue weighted by atomic mass is 19.1. The third-order valence-electron chi connectivity index (χ3n) is 8.85. The van der Waals surface area contributed by atoms with E-state index in [0.29, 0.717) is 17.9 Å². The van der Waals surface area contributed by atoms with Gasteiger partial charge in [0, 0.05) is 12.1 Å². The molecule has 1 spiro atoms. The summed E-state index contributed by atoms with van der Waals surface area (Å²) < 4.78 is 20.3. The second kappa shape index (κ2) is 6.72. The average molecular weight is 444 g/mol. The van der Waals surface area contributed by atoms with Crippen LogP contribution < -0.4 is 4.74 Å². The Bertz CT molecular complexity index is 1050. The van der Waals surface area contributed by atoms with E-state index in [9.17, 15) is 24.5 Å². The van der Waals surface area contributed by atoms with Gasteiger partial charge in [-0.1, -0.05) is 32.9 Å². The number of carbonyl (C=O) groups excluding carboxylic acids is 1. The molecule has 1 aromatic heterocycles. The fourth-order valence-corrected chi connectivity index (χ4v) is 7.16. The Labute approximate surface area is 186 Å². The van der Waals surface area contributed by atoms with Crippen LogP contribution in [0.2, 0.25) is 0 Å². The molecule has 8 atom stereocenters. The molecule has 0 amide bonds. The molecule has 5 rings (SSSR count). The van der Waals surface area contributed by atoms with Crippen molar-refractivity contribution in [1.82, 2.24) is 4.98 Å².